The van der Waals surface area contributed by atoms with Gasteiger partial charge in [-0.2, -0.15) is 0 Å². The molecular formula is C15H26. The maximum atomic E-state index is 2.55. The van der Waals surface area contributed by atoms with Crippen molar-refractivity contribution in [2.75, 3.05) is 0 Å². The van der Waals surface area contributed by atoms with E-state index in [0.29, 0.717) is 0 Å². The highest BCUT2D eigenvalue weighted by Gasteiger charge is 2.28. The lowest BCUT2D eigenvalue weighted by atomic mass is 9.78. The maximum absolute atomic E-state index is 2.55. The molecule has 1 fully saturated rings. The summed E-state index contributed by atoms with van der Waals surface area (Å²) in [5, 5.41) is 0. The lowest BCUT2D eigenvalue weighted by Gasteiger charge is -2.28. The Kier molecular flexibility index (Phi) is 4.29. The summed E-state index contributed by atoms with van der Waals surface area (Å²) >= 11 is 0. The van der Waals surface area contributed by atoms with Gasteiger partial charge in [0.15, 0.2) is 0 Å². The molecular weight excluding hydrogens is 180 g/mol. The average molecular weight is 206 g/mol. The van der Waals surface area contributed by atoms with Gasteiger partial charge in [0.2, 0.25) is 0 Å². The predicted molar refractivity (Wildman–Crippen MR) is 66.8 cm³/mol. The standard InChI is InChI=1S/C15H26/c1-2-3-4-5-8-15-12-13-7-6-9-14(15)11-10-13/h10-11,13-15H,2-9,12H2,1H3. The van der Waals surface area contributed by atoms with E-state index >= 15 is 0 Å². The molecule has 2 bridgehead atoms. The van der Waals surface area contributed by atoms with E-state index in [4.69, 9.17) is 0 Å². The average Bonchev–Trinajstić information content (AvgIpc) is 2.59. The van der Waals surface area contributed by atoms with E-state index < -0.39 is 0 Å². The quantitative estimate of drug-likeness (QED) is 0.441. The van der Waals surface area contributed by atoms with Crippen LogP contribution in [0.15, 0.2) is 12.2 Å². The third-order valence-electron chi connectivity index (χ3n) is 4.38. The first kappa shape index (κ1) is 11.2. The SMILES string of the molecule is CCCCCCC1CC2C=CC1CCC2. The fourth-order valence-corrected chi connectivity index (χ4v) is 3.43. The summed E-state index contributed by atoms with van der Waals surface area (Å²) in [4.78, 5) is 0. The van der Waals surface area contributed by atoms with E-state index in [9.17, 15) is 0 Å². The van der Waals surface area contributed by atoms with Crippen molar-refractivity contribution >= 4 is 0 Å². The molecule has 3 aliphatic carbocycles. The second kappa shape index (κ2) is 5.72. The molecule has 0 heteroatoms. The van der Waals surface area contributed by atoms with Gasteiger partial charge in [0, 0.05) is 0 Å². The molecule has 0 aromatic heterocycles. The lowest BCUT2D eigenvalue weighted by molar-refractivity contribution is 0.303. The van der Waals surface area contributed by atoms with Crippen molar-refractivity contribution in [2.24, 2.45) is 17.8 Å². The first-order chi connectivity index (χ1) is 7.40. The minimum Gasteiger partial charge on any atom is -0.0851 e. The van der Waals surface area contributed by atoms with Crippen LogP contribution in [-0.2, 0) is 0 Å². The summed E-state index contributed by atoms with van der Waals surface area (Å²) in [6.07, 6.45) is 18.3. The first-order valence-electron chi connectivity index (χ1n) is 7.08. The van der Waals surface area contributed by atoms with Crippen molar-refractivity contribution in [1.82, 2.24) is 0 Å². The number of hydrogen-bond acceptors (Lipinski definition) is 0. The van der Waals surface area contributed by atoms with E-state index in [1.807, 2.05) is 0 Å². The number of hydrogen-bond donors (Lipinski definition) is 0. The Bertz CT molecular complexity index is 204. The minimum absolute atomic E-state index is 0.944. The van der Waals surface area contributed by atoms with Gasteiger partial charge in [-0.1, -0.05) is 51.2 Å². The zero-order chi connectivity index (χ0) is 10.5. The van der Waals surface area contributed by atoms with Crippen LogP contribution >= 0.6 is 0 Å². The Labute approximate surface area is 95.1 Å². The van der Waals surface area contributed by atoms with Gasteiger partial charge < -0.3 is 0 Å². The topological polar surface area (TPSA) is 0 Å². The lowest BCUT2D eigenvalue weighted by Crippen LogP contribution is -2.17. The van der Waals surface area contributed by atoms with Crippen molar-refractivity contribution in [2.45, 2.75) is 64.7 Å². The Balaban J connectivity index is 1.75. The molecule has 0 aliphatic heterocycles. The molecule has 86 valence electrons. The molecule has 15 heavy (non-hydrogen) atoms. The smallest absolute Gasteiger partial charge is 0.0205 e. The van der Waals surface area contributed by atoms with Crippen LogP contribution in [0.3, 0.4) is 0 Å². The summed E-state index contributed by atoms with van der Waals surface area (Å²) < 4.78 is 0. The molecule has 0 aromatic carbocycles. The van der Waals surface area contributed by atoms with Crippen molar-refractivity contribution in [1.29, 1.82) is 0 Å². The van der Waals surface area contributed by atoms with E-state index in [1.54, 1.807) is 0 Å². The van der Waals surface area contributed by atoms with Crippen LogP contribution in [0.1, 0.15) is 64.7 Å². The van der Waals surface area contributed by atoms with Gasteiger partial charge in [0.05, 0.1) is 0 Å². The number of fused-ring (bicyclic) bond motifs is 3. The first-order valence-corrected chi connectivity index (χ1v) is 7.08. The van der Waals surface area contributed by atoms with E-state index in [2.05, 4.69) is 19.1 Å². The Morgan fingerprint density at radius 3 is 2.87 bits per heavy atom. The molecule has 0 N–H and O–H groups in total. The highest BCUT2D eigenvalue weighted by atomic mass is 14.3. The second-order valence-corrected chi connectivity index (χ2v) is 5.58. The van der Waals surface area contributed by atoms with Crippen LogP contribution in [0.5, 0.6) is 0 Å². The van der Waals surface area contributed by atoms with Crippen LogP contribution in [0.2, 0.25) is 0 Å². The molecule has 0 aromatic rings. The Hall–Kier alpha value is -0.260. The van der Waals surface area contributed by atoms with Gasteiger partial charge in [-0.15, -0.1) is 0 Å². The molecule has 0 amide bonds. The summed E-state index contributed by atoms with van der Waals surface area (Å²) in [5.41, 5.74) is 0. The molecule has 3 aliphatic rings. The molecule has 3 unspecified atom stereocenters. The summed E-state index contributed by atoms with van der Waals surface area (Å²) in [7, 11) is 0. The number of rotatable bonds is 5. The van der Waals surface area contributed by atoms with Crippen LogP contribution < -0.4 is 0 Å². The molecule has 0 radical (unpaired) electrons. The van der Waals surface area contributed by atoms with Crippen molar-refractivity contribution in [3.05, 3.63) is 12.2 Å². The third kappa shape index (κ3) is 3.09. The predicted octanol–water partition coefficient (Wildman–Crippen LogP) is 4.95. The molecule has 3 atom stereocenters. The summed E-state index contributed by atoms with van der Waals surface area (Å²) in [6.45, 7) is 2.30. The molecule has 0 heterocycles. The van der Waals surface area contributed by atoms with Gasteiger partial charge in [-0.25, -0.2) is 0 Å². The number of unbranched alkanes of at least 4 members (excludes halogenated alkanes) is 3. The molecule has 0 nitrogen and oxygen atoms in total. The highest BCUT2D eigenvalue weighted by molar-refractivity contribution is 5.03. The monoisotopic (exact) mass is 206 g/mol. The normalized spacial score (nSPS) is 34.3. The maximum Gasteiger partial charge on any atom is -0.0205 e. The van der Waals surface area contributed by atoms with Crippen LogP contribution in [0, 0.1) is 17.8 Å². The molecule has 0 spiro atoms. The molecule has 0 saturated heterocycles. The second-order valence-electron chi connectivity index (χ2n) is 5.58. The highest BCUT2D eigenvalue weighted by Crippen LogP contribution is 2.40. The zero-order valence-corrected chi connectivity index (χ0v) is 10.3. The van der Waals surface area contributed by atoms with Crippen LogP contribution in [0.4, 0.5) is 0 Å². The van der Waals surface area contributed by atoms with Gasteiger partial charge in [-0.05, 0) is 43.4 Å². The Morgan fingerprint density at radius 2 is 2.00 bits per heavy atom. The summed E-state index contributed by atoms with van der Waals surface area (Å²) in [6, 6.07) is 0. The van der Waals surface area contributed by atoms with Gasteiger partial charge in [0.1, 0.15) is 0 Å². The van der Waals surface area contributed by atoms with E-state index in [1.165, 1.54) is 57.8 Å². The Morgan fingerprint density at radius 1 is 1.07 bits per heavy atom. The molecule has 3 rings (SSSR count). The number of allylic oxidation sites excluding steroid dienone is 2. The summed E-state index contributed by atoms with van der Waals surface area (Å²) in [5.74, 6) is 2.93. The van der Waals surface area contributed by atoms with Gasteiger partial charge in [-0.3, -0.25) is 0 Å². The van der Waals surface area contributed by atoms with Crippen LogP contribution in [0.25, 0.3) is 0 Å². The van der Waals surface area contributed by atoms with Gasteiger partial charge in [0.25, 0.3) is 0 Å². The van der Waals surface area contributed by atoms with E-state index in [-0.39, 0.29) is 0 Å². The van der Waals surface area contributed by atoms with Crippen LogP contribution in [-0.4, -0.2) is 0 Å². The largest absolute Gasteiger partial charge is 0.0851 e. The zero-order valence-electron chi connectivity index (χ0n) is 10.3. The third-order valence-corrected chi connectivity index (χ3v) is 4.38. The minimum atomic E-state index is 0.944. The van der Waals surface area contributed by atoms with Crippen molar-refractivity contribution in [3.63, 3.8) is 0 Å². The van der Waals surface area contributed by atoms with Crippen molar-refractivity contribution in [3.8, 4) is 0 Å². The fraction of sp³-hybridized carbons (Fsp3) is 0.867. The molecule has 1 saturated carbocycles. The fourth-order valence-electron chi connectivity index (χ4n) is 3.43. The van der Waals surface area contributed by atoms with E-state index in [0.717, 1.165) is 17.8 Å². The van der Waals surface area contributed by atoms with Gasteiger partial charge >= 0.3 is 0 Å². The van der Waals surface area contributed by atoms with Crippen molar-refractivity contribution < 1.29 is 0 Å².